The molecule has 0 saturated heterocycles. The molecule has 3 nitrogen and oxygen atoms in total. The maximum atomic E-state index is 11.9. The lowest BCUT2D eigenvalue weighted by Gasteiger charge is -2.12. The average molecular weight is 335 g/mol. The minimum atomic E-state index is -0.0179. The van der Waals surface area contributed by atoms with Gasteiger partial charge < -0.3 is 9.47 Å². The van der Waals surface area contributed by atoms with Gasteiger partial charge in [0.15, 0.2) is 5.78 Å². The fourth-order valence-electron chi connectivity index (χ4n) is 1.79. The summed E-state index contributed by atoms with van der Waals surface area (Å²) in [5.41, 5.74) is 1.60. The van der Waals surface area contributed by atoms with Crippen molar-refractivity contribution in [1.29, 1.82) is 0 Å². The Morgan fingerprint density at radius 1 is 1.15 bits per heavy atom. The monoisotopic (exact) mass is 334 g/mol. The van der Waals surface area contributed by atoms with Crippen molar-refractivity contribution in [3.8, 4) is 11.5 Å². The molecule has 4 heteroatoms. The number of halogens is 1. The summed E-state index contributed by atoms with van der Waals surface area (Å²) >= 11 is 3.18. The molecule has 2 aromatic carbocycles. The first kappa shape index (κ1) is 14.6. The topological polar surface area (TPSA) is 35.5 Å². The van der Waals surface area contributed by atoms with Crippen LogP contribution in [0.15, 0.2) is 48.5 Å². The van der Waals surface area contributed by atoms with Gasteiger partial charge in [-0.1, -0.05) is 46.3 Å². The highest BCUT2D eigenvalue weighted by Gasteiger charge is 2.12. The van der Waals surface area contributed by atoms with Crippen LogP contribution >= 0.6 is 15.9 Å². The lowest BCUT2D eigenvalue weighted by atomic mass is 10.1. The van der Waals surface area contributed by atoms with Gasteiger partial charge in [0.2, 0.25) is 0 Å². The van der Waals surface area contributed by atoms with E-state index in [1.165, 1.54) is 0 Å². The molecule has 0 aliphatic carbocycles. The Morgan fingerprint density at radius 2 is 1.90 bits per heavy atom. The summed E-state index contributed by atoms with van der Waals surface area (Å²) < 4.78 is 10.9. The second-order valence-corrected chi connectivity index (χ2v) is 4.75. The summed E-state index contributed by atoms with van der Waals surface area (Å²) in [6.07, 6.45) is 0. The number of methoxy groups -OCH3 is 1. The molecule has 0 amide bonds. The smallest absolute Gasteiger partial charge is 0.177 e. The lowest BCUT2D eigenvalue weighted by molar-refractivity contribution is 0.101. The number of alkyl halides is 1. The summed E-state index contributed by atoms with van der Waals surface area (Å²) in [7, 11) is 1.59. The Bertz CT molecular complexity index is 582. The van der Waals surface area contributed by atoms with Crippen LogP contribution in [0.25, 0.3) is 0 Å². The zero-order valence-corrected chi connectivity index (χ0v) is 12.7. The van der Waals surface area contributed by atoms with E-state index in [1.54, 1.807) is 25.3 Å². The highest BCUT2D eigenvalue weighted by Crippen LogP contribution is 2.26. The van der Waals surface area contributed by atoms with Gasteiger partial charge in [0.1, 0.15) is 18.1 Å². The molecule has 0 aliphatic heterocycles. The van der Waals surface area contributed by atoms with Crippen LogP contribution in [0.3, 0.4) is 0 Å². The molecule has 104 valence electrons. The number of ether oxygens (including phenoxy) is 2. The summed E-state index contributed by atoms with van der Waals surface area (Å²) in [5, 5.41) is 0.265. The number of hydrogen-bond donors (Lipinski definition) is 0. The molecule has 20 heavy (non-hydrogen) atoms. The summed E-state index contributed by atoms with van der Waals surface area (Å²) in [4.78, 5) is 11.9. The Balaban J connectivity index is 2.21. The maximum absolute atomic E-state index is 11.9. The second-order valence-electron chi connectivity index (χ2n) is 4.19. The van der Waals surface area contributed by atoms with Crippen LogP contribution < -0.4 is 9.47 Å². The number of rotatable bonds is 6. The van der Waals surface area contributed by atoms with Gasteiger partial charge >= 0.3 is 0 Å². The van der Waals surface area contributed by atoms with Crippen LogP contribution in [0.4, 0.5) is 0 Å². The van der Waals surface area contributed by atoms with Gasteiger partial charge in [-0.05, 0) is 17.7 Å². The highest BCUT2D eigenvalue weighted by molar-refractivity contribution is 9.09. The molecule has 0 heterocycles. The van der Waals surface area contributed by atoms with E-state index >= 15 is 0 Å². The van der Waals surface area contributed by atoms with Crippen molar-refractivity contribution in [3.63, 3.8) is 0 Å². The van der Waals surface area contributed by atoms with Crippen molar-refractivity contribution < 1.29 is 14.3 Å². The van der Waals surface area contributed by atoms with E-state index in [1.807, 2.05) is 30.3 Å². The van der Waals surface area contributed by atoms with Gasteiger partial charge in [-0.2, -0.15) is 0 Å². The molecule has 0 fully saturated rings. The van der Waals surface area contributed by atoms with Gasteiger partial charge in [-0.3, -0.25) is 4.79 Å². The van der Waals surface area contributed by atoms with Crippen LogP contribution in [0, 0.1) is 0 Å². The number of benzene rings is 2. The van der Waals surface area contributed by atoms with E-state index in [0.717, 1.165) is 5.56 Å². The quantitative estimate of drug-likeness (QED) is 0.594. The van der Waals surface area contributed by atoms with Crippen LogP contribution in [-0.2, 0) is 6.61 Å². The third-order valence-electron chi connectivity index (χ3n) is 2.85. The molecule has 0 spiro atoms. The molecule has 0 radical (unpaired) electrons. The Kier molecular flexibility index (Phi) is 5.18. The Labute approximate surface area is 126 Å². The van der Waals surface area contributed by atoms with Crippen LogP contribution in [0.2, 0.25) is 0 Å². The normalized spacial score (nSPS) is 10.1. The fraction of sp³-hybridized carbons (Fsp3) is 0.188. The second kappa shape index (κ2) is 7.10. The number of carbonyl (C=O) groups is 1. The molecule has 0 atom stereocenters. The van der Waals surface area contributed by atoms with E-state index in [2.05, 4.69) is 15.9 Å². The maximum Gasteiger partial charge on any atom is 0.177 e. The highest BCUT2D eigenvalue weighted by atomic mass is 79.9. The van der Waals surface area contributed by atoms with Crippen molar-refractivity contribution >= 4 is 21.7 Å². The minimum Gasteiger partial charge on any atom is -0.497 e. The van der Waals surface area contributed by atoms with Gasteiger partial charge in [0.05, 0.1) is 18.0 Å². The lowest BCUT2D eigenvalue weighted by Crippen LogP contribution is -2.05. The van der Waals surface area contributed by atoms with Gasteiger partial charge in [-0.15, -0.1) is 0 Å². The Morgan fingerprint density at radius 3 is 2.55 bits per heavy atom. The van der Waals surface area contributed by atoms with E-state index in [4.69, 9.17) is 9.47 Å². The average Bonchev–Trinajstić information content (AvgIpc) is 2.52. The molecular formula is C16H15BrO3. The number of carbonyl (C=O) groups excluding carboxylic acids is 1. The first-order chi connectivity index (χ1) is 9.74. The van der Waals surface area contributed by atoms with E-state index in [9.17, 15) is 4.79 Å². The third kappa shape index (κ3) is 3.61. The number of Topliss-reactive ketones (excluding diaryl/α,β-unsaturated/α-hetero) is 1. The first-order valence-corrected chi connectivity index (χ1v) is 7.30. The predicted octanol–water partition coefficient (Wildman–Crippen LogP) is 3.85. The van der Waals surface area contributed by atoms with Crippen LogP contribution in [-0.4, -0.2) is 18.2 Å². The van der Waals surface area contributed by atoms with Gasteiger partial charge in [-0.25, -0.2) is 0 Å². The number of hydrogen-bond acceptors (Lipinski definition) is 3. The van der Waals surface area contributed by atoms with Crippen molar-refractivity contribution in [2.45, 2.75) is 6.61 Å². The van der Waals surface area contributed by atoms with Crippen molar-refractivity contribution in [3.05, 3.63) is 59.7 Å². The van der Waals surface area contributed by atoms with E-state index in [0.29, 0.717) is 23.7 Å². The van der Waals surface area contributed by atoms with Crippen LogP contribution in [0.5, 0.6) is 11.5 Å². The summed E-state index contributed by atoms with van der Waals surface area (Å²) in [5.74, 6) is 1.19. The summed E-state index contributed by atoms with van der Waals surface area (Å²) in [6.45, 7) is 0.413. The molecule has 0 aliphatic rings. The predicted molar refractivity (Wildman–Crippen MR) is 81.9 cm³/mol. The molecular weight excluding hydrogens is 320 g/mol. The summed E-state index contributed by atoms with van der Waals surface area (Å²) in [6, 6.07) is 15.0. The van der Waals surface area contributed by atoms with Gasteiger partial charge in [0.25, 0.3) is 0 Å². The zero-order valence-electron chi connectivity index (χ0n) is 11.1. The molecule has 0 unspecified atom stereocenters. The van der Waals surface area contributed by atoms with E-state index < -0.39 is 0 Å². The molecule has 2 rings (SSSR count). The molecule has 0 bridgehead atoms. The van der Waals surface area contributed by atoms with E-state index in [-0.39, 0.29) is 11.1 Å². The largest absolute Gasteiger partial charge is 0.497 e. The van der Waals surface area contributed by atoms with Crippen molar-refractivity contribution in [1.82, 2.24) is 0 Å². The number of ketones is 1. The van der Waals surface area contributed by atoms with Crippen molar-refractivity contribution in [2.75, 3.05) is 12.4 Å². The Hall–Kier alpha value is -1.81. The zero-order chi connectivity index (χ0) is 14.4. The van der Waals surface area contributed by atoms with Crippen LogP contribution in [0.1, 0.15) is 15.9 Å². The van der Waals surface area contributed by atoms with Gasteiger partial charge in [0, 0.05) is 6.07 Å². The molecule has 2 aromatic rings. The molecule has 0 N–H and O–H groups in total. The SMILES string of the molecule is COc1ccc(C(=O)CBr)c(OCc2ccccc2)c1. The van der Waals surface area contributed by atoms with Crippen molar-refractivity contribution in [2.24, 2.45) is 0 Å². The molecule has 0 saturated carbocycles. The third-order valence-corrected chi connectivity index (χ3v) is 3.36. The standard InChI is InChI=1S/C16H15BrO3/c1-19-13-7-8-14(15(18)10-17)16(9-13)20-11-12-5-3-2-4-6-12/h2-9H,10-11H2,1H3. The minimum absolute atomic E-state index is 0.0179. The fourth-order valence-corrected chi connectivity index (χ4v) is 2.09. The molecule has 0 aromatic heterocycles. The first-order valence-electron chi connectivity index (χ1n) is 6.18.